The van der Waals surface area contributed by atoms with Crippen LogP contribution in [0.5, 0.6) is 0 Å². The molecule has 0 atom stereocenters. The summed E-state index contributed by atoms with van der Waals surface area (Å²) in [5, 5.41) is 2.37. The molecule has 2 rings (SSSR count). The second-order valence-corrected chi connectivity index (χ2v) is 13.4. The maximum absolute atomic E-state index is 6.31. The highest BCUT2D eigenvalue weighted by molar-refractivity contribution is 6.95. The Labute approximate surface area is 178 Å². The van der Waals surface area contributed by atoms with Gasteiger partial charge in [-0.05, 0) is 29.6 Å². The van der Waals surface area contributed by atoms with Crippen molar-refractivity contribution >= 4 is 27.0 Å². The minimum atomic E-state index is -2.30. The predicted octanol–water partition coefficient (Wildman–Crippen LogP) is 4.80. The van der Waals surface area contributed by atoms with E-state index in [0.29, 0.717) is 13.2 Å². The van der Waals surface area contributed by atoms with Crippen LogP contribution >= 0.6 is 0 Å². The molecule has 2 nitrogen and oxygen atoms in total. The van der Waals surface area contributed by atoms with Crippen LogP contribution < -0.4 is 10.4 Å². The van der Waals surface area contributed by atoms with Crippen molar-refractivity contribution in [2.24, 2.45) is 0 Å². The van der Waals surface area contributed by atoms with Crippen molar-refractivity contribution < 1.29 is 8.85 Å². The van der Waals surface area contributed by atoms with Gasteiger partial charge < -0.3 is 8.85 Å². The molecule has 4 heteroatoms. The number of unbranched alkanes of at least 4 members (excludes halogenated alkanes) is 2. The Morgan fingerprint density at radius 3 is 1.21 bits per heavy atom. The van der Waals surface area contributed by atoms with E-state index in [1.165, 1.54) is 10.4 Å². The van der Waals surface area contributed by atoms with Gasteiger partial charge in [-0.25, -0.2) is 0 Å². The van der Waals surface area contributed by atoms with Gasteiger partial charge >= 0.3 is 0 Å². The van der Waals surface area contributed by atoms with Gasteiger partial charge in [0.25, 0.3) is 16.6 Å². The van der Waals surface area contributed by atoms with E-state index in [1.807, 2.05) is 59.2 Å². The van der Waals surface area contributed by atoms with Crippen molar-refractivity contribution in [3.8, 4) is 0 Å². The smallest absolute Gasteiger partial charge is 0.272 e. The molecule has 0 unspecified atom stereocenters. The lowest BCUT2D eigenvalue weighted by atomic mass is 10.2. The molecular formula is C25H32O2Si2. The number of benzene rings is 2. The van der Waals surface area contributed by atoms with Gasteiger partial charge in [0, 0.05) is 13.2 Å². The lowest BCUT2D eigenvalue weighted by Gasteiger charge is -2.26. The van der Waals surface area contributed by atoms with Gasteiger partial charge in [0.2, 0.25) is 0 Å². The minimum absolute atomic E-state index is 0.698. The second kappa shape index (κ2) is 11.7. The molecular weight excluding hydrogens is 388 g/mol. The third-order valence-corrected chi connectivity index (χ3v) is 11.4. The molecule has 0 aliphatic carbocycles. The first-order chi connectivity index (χ1) is 14.2. The standard InChI is InChI=1S/C25H32O2Si2/c1-5-28(6-2,24-18-12-9-13-19-24)26-22-16-11-17-23-27-29(7-3,8-4)25-20-14-10-15-21-25/h5-10,12-15,18-21H,1-4,11,16-17,22-23H2. The molecule has 0 fully saturated rings. The van der Waals surface area contributed by atoms with Crippen LogP contribution in [0, 0.1) is 0 Å². The Bertz CT molecular complexity index is 703. The summed E-state index contributed by atoms with van der Waals surface area (Å²) in [7, 11) is -4.59. The Kier molecular flexibility index (Phi) is 9.28. The summed E-state index contributed by atoms with van der Waals surface area (Å²) in [6.45, 7) is 17.5. The third kappa shape index (κ3) is 5.87. The molecule has 0 aliphatic heterocycles. The summed E-state index contributed by atoms with van der Waals surface area (Å²) in [5.41, 5.74) is 7.80. The Balaban J connectivity index is 1.80. The summed E-state index contributed by atoms with van der Waals surface area (Å²) < 4.78 is 12.6. The topological polar surface area (TPSA) is 18.5 Å². The maximum atomic E-state index is 6.31. The average molecular weight is 421 g/mol. The molecule has 2 aromatic rings. The van der Waals surface area contributed by atoms with Crippen molar-refractivity contribution in [2.75, 3.05) is 13.2 Å². The van der Waals surface area contributed by atoms with Crippen LogP contribution in [0.2, 0.25) is 0 Å². The zero-order valence-electron chi connectivity index (χ0n) is 17.3. The van der Waals surface area contributed by atoms with Crippen molar-refractivity contribution in [2.45, 2.75) is 19.3 Å². The molecule has 29 heavy (non-hydrogen) atoms. The monoisotopic (exact) mass is 420 g/mol. The first-order valence-corrected chi connectivity index (χ1v) is 14.2. The van der Waals surface area contributed by atoms with Gasteiger partial charge in [0.05, 0.1) is 0 Å². The Morgan fingerprint density at radius 1 is 0.552 bits per heavy atom. The Morgan fingerprint density at radius 2 is 0.897 bits per heavy atom. The highest BCUT2D eigenvalue weighted by Crippen LogP contribution is 2.13. The van der Waals surface area contributed by atoms with E-state index in [9.17, 15) is 0 Å². The summed E-state index contributed by atoms with van der Waals surface area (Å²) in [5.74, 6) is 0. The molecule has 0 spiro atoms. The van der Waals surface area contributed by atoms with Crippen molar-refractivity contribution in [3.05, 3.63) is 110 Å². The van der Waals surface area contributed by atoms with E-state index in [-0.39, 0.29) is 0 Å². The lowest BCUT2D eigenvalue weighted by Crippen LogP contribution is -2.48. The highest BCUT2D eigenvalue weighted by Gasteiger charge is 2.31. The average Bonchev–Trinajstić information content (AvgIpc) is 2.80. The van der Waals surface area contributed by atoms with Crippen LogP contribution in [0.4, 0.5) is 0 Å². The van der Waals surface area contributed by atoms with Gasteiger partial charge in [-0.2, -0.15) is 0 Å². The lowest BCUT2D eigenvalue weighted by molar-refractivity contribution is 0.282. The first-order valence-electron chi connectivity index (χ1n) is 10.1. The van der Waals surface area contributed by atoms with E-state index in [1.54, 1.807) is 0 Å². The van der Waals surface area contributed by atoms with E-state index in [2.05, 4.69) is 50.6 Å². The van der Waals surface area contributed by atoms with Crippen LogP contribution in [0.15, 0.2) is 110 Å². The minimum Gasteiger partial charge on any atom is -0.405 e. The van der Waals surface area contributed by atoms with Crippen molar-refractivity contribution in [1.29, 1.82) is 0 Å². The molecule has 0 radical (unpaired) electrons. The van der Waals surface area contributed by atoms with Crippen molar-refractivity contribution in [1.82, 2.24) is 0 Å². The normalized spacial score (nSPS) is 11.6. The number of hydrogen-bond donors (Lipinski definition) is 0. The van der Waals surface area contributed by atoms with Gasteiger partial charge in [0.1, 0.15) is 0 Å². The summed E-state index contributed by atoms with van der Waals surface area (Å²) in [4.78, 5) is 0. The number of hydrogen-bond acceptors (Lipinski definition) is 2. The zero-order chi connectivity index (χ0) is 21.0. The molecule has 152 valence electrons. The fraction of sp³-hybridized carbons (Fsp3) is 0.200. The van der Waals surface area contributed by atoms with E-state index in [0.717, 1.165) is 19.3 Å². The van der Waals surface area contributed by atoms with Crippen LogP contribution in [0.25, 0.3) is 0 Å². The predicted molar refractivity (Wildman–Crippen MR) is 130 cm³/mol. The quantitative estimate of drug-likeness (QED) is 0.323. The Hall–Kier alpha value is -2.25. The van der Waals surface area contributed by atoms with Crippen molar-refractivity contribution in [3.63, 3.8) is 0 Å². The molecule has 0 aliphatic rings. The summed E-state index contributed by atoms with van der Waals surface area (Å²) >= 11 is 0. The fourth-order valence-electron chi connectivity index (χ4n) is 3.30. The largest absolute Gasteiger partial charge is 0.405 e. The van der Waals surface area contributed by atoms with E-state index in [4.69, 9.17) is 8.85 Å². The van der Waals surface area contributed by atoms with Gasteiger partial charge in [-0.3, -0.25) is 0 Å². The van der Waals surface area contributed by atoms with E-state index < -0.39 is 16.6 Å². The summed E-state index contributed by atoms with van der Waals surface area (Å²) in [6.07, 6.45) is 3.00. The van der Waals surface area contributed by atoms with Crippen LogP contribution in [-0.4, -0.2) is 29.8 Å². The molecule has 0 bridgehead atoms. The van der Waals surface area contributed by atoms with E-state index >= 15 is 0 Å². The molecule has 0 N–H and O–H groups in total. The van der Waals surface area contributed by atoms with Gasteiger partial charge in [-0.1, -0.05) is 83.5 Å². The maximum Gasteiger partial charge on any atom is 0.272 e. The first kappa shape index (κ1) is 23.0. The SMILES string of the molecule is C=C[Si](C=C)(OCCCCCO[Si](C=C)(C=C)c1ccccc1)c1ccccc1. The van der Waals surface area contributed by atoms with Crippen LogP contribution in [-0.2, 0) is 8.85 Å². The second-order valence-electron chi connectivity index (χ2n) is 6.89. The fourth-order valence-corrected chi connectivity index (χ4v) is 7.77. The van der Waals surface area contributed by atoms with Crippen LogP contribution in [0.3, 0.4) is 0 Å². The number of rotatable bonds is 14. The van der Waals surface area contributed by atoms with Gasteiger partial charge in [0.15, 0.2) is 0 Å². The molecule has 0 heterocycles. The zero-order valence-corrected chi connectivity index (χ0v) is 19.3. The molecule has 0 saturated heterocycles. The summed E-state index contributed by atoms with van der Waals surface area (Å²) in [6, 6.07) is 20.6. The third-order valence-electron chi connectivity index (χ3n) is 5.13. The molecule has 0 aromatic heterocycles. The molecule has 0 saturated carbocycles. The highest BCUT2D eigenvalue weighted by atomic mass is 28.4. The van der Waals surface area contributed by atoms with Crippen LogP contribution in [0.1, 0.15) is 19.3 Å². The van der Waals surface area contributed by atoms with Gasteiger partial charge in [-0.15, -0.1) is 26.3 Å². The molecule has 0 amide bonds. The molecule has 2 aromatic carbocycles.